The molecule has 2 aromatic rings. The van der Waals surface area contributed by atoms with Crippen LogP contribution in [0, 0.1) is 23.0 Å². The first-order valence-corrected chi connectivity index (χ1v) is 4.37. The normalized spacial score (nSPS) is 10.2. The Labute approximate surface area is 76.8 Å². The average Bonchev–Trinajstić information content (AvgIpc) is 2.49. The maximum absolute atomic E-state index is 13.1. The maximum atomic E-state index is 13.1. The summed E-state index contributed by atoms with van der Waals surface area (Å²) in [5, 5.41) is 9.97. The van der Waals surface area contributed by atoms with Crippen molar-refractivity contribution in [2.45, 2.75) is 0 Å². The van der Waals surface area contributed by atoms with E-state index >= 15 is 0 Å². The fourth-order valence-electron chi connectivity index (χ4n) is 1.18. The van der Waals surface area contributed by atoms with Crippen molar-refractivity contribution < 1.29 is 8.78 Å². The van der Waals surface area contributed by atoms with Gasteiger partial charge in [-0.2, -0.15) is 5.26 Å². The summed E-state index contributed by atoms with van der Waals surface area (Å²) < 4.78 is 26.7. The lowest BCUT2D eigenvalue weighted by atomic mass is 10.1. The van der Waals surface area contributed by atoms with Gasteiger partial charge in [-0.25, -0.2) is 8.78 Å². The highest BCUT2D eigenvalue weighted by Gasteiger charge is 2.12. The van der Waals surface area contributed by atoms with Gasteiger partial charge in [0.25, 0.3) is 0 Å². The number of benzene rings is 1. The first-order valence-electron chi connectivity index (χ1n) is 3.49. The average molecular weight is 195 g/mol. The van der Waals surface area contributed by atoms with Gasteiger partial charge in [0.1, 0.15) is 17.7 Å². The number of fused-ring (bicyclic) bond motifs is 1. The van der Waals surface area contributed by atoms with Crippen LogP contribution >= 0.6 is 11.3 Å². The van der Waals surface area contributed by atoms with E-state index < -0.39 is 11.6 Å². The highest BCUT2D eigenvalue weighted by atomic mass is 32.1. The molecule has 1 aromatic carbocycles. The van der Waals surface area contributed by atoms with Crippen LogP contribution in [-0.2, 0) is 0 Å². The predicted molar refractivity (Wildman–Crippen MR) is 46.5 cm³/mol. The molecule has 0 amide bonds. The highest BCUT2D eigenvalue weighted by molar-refractivity contribution is 7.17. The topological polar surface area (TPSA) is 23.8 Å². The largest absolute Gasteiger partial charge is 0.206 e. The van der Waals surface area contributed by atoms with Gasteiger partial charge >= 0.3 is 0 Å². The van der Waals surface area contributed by atoms with Gasteiger partial charge in [-0.05, 0) is 12.1 Å². The van der Waals surface area contributed by atoms with Crippen molar-refractivity contribution >= 4 is 21.4 Å². The molecule has 0 saturated carbocycles. The predicted octanol–water partition coefficient (Wildman–Crippen LogP) is 3.05. The lowest BCUT2D eigenvalue weighted by Crippen LogP contribution is -1.84. The lowest BCUT2D eigenvalue weighted by Gasteiger charge is -1.94. The molecular formula is C9H3F2NS. The van der Waals surface area contributed by atoms with Crippen LogP contribution in [0.2, 0.25) is 0 Å². The molecule has 64 valence electrons. The fraction of sp³-hybridized carbons (Fsp3) is 0. The van der Waals surface area contributed by atoms with Crippen molar-refractivity contribution in [1.82, 2.24) is 0 Å². The number of nitriles is 1. The van der Waals surface area contributed by atoms with Gasteiger partial charge in [-0.3, -0.25) is 0 Å². The Hall–Kier alpha value is -1.47. The van der Waals surface area contributed by atoms with E-state index in [0.717, 1.165) is 11.3 Å². The molecule has 0 atom stereocenters. The number of thiophene rings is 1. The minimum atomic E-state index is -0.674. The minimum Gasteiger partial charge on any atom is -0.206 e. The number of rotatable bonds is 0. The number of nitrogens with zero attached hydrogens (tertiary/aromatic N) is 1. The summed E-state index contributed by atoms with van der Waals surface area (Å²) in [4.78, 5) is 0. The molecule has 1 nitrogen and oxygen atoms in total. The molecule has 0 saturated heterocycles. The molecule has 0 aliphatic rings. The summed E-state index contributed by atoms with van der Waals surface area (Å²) in [6.07, 6.45) is 0. The van der Waals surface area contributed by atoms with Crippen LogP contribution in [0.3, 0.4) is 0 Å². The minimum absolute atomic E-state index is 0.0903. The summed E-state index contributed by atoms with van der Waals surface area (Å²) in [5.74, 6) is -1.21. The van der Waals surface area contributed by atoms with Crippen LogP contribution in [-0.4, -0.2) is 0 Å². The van der Waals surface area contributed by atoms with Crippen LogP contribution in [0.15, 0.2) is 17.5 Å². The Morgan fingerprint density at radius 3 is 2.69 bits per heavy atom. The van der Waals surface area contributed by atoms with Crippen molar-refractivity contribution in [2.24, 2.45) is 0 Å². The van der Waals surface area contributed by atoms with Gasteiger partial charge < -0.3 is 0 Å². The molecule has 0 aliphatic carbocycles. The van der Waals surface area contributed by atoms with E-state index in [-0.39, 0.29) is 10.9 Å². The van der Waals surface area contributed by atoms with E-state index in [1.165, 1.54) is 17.5 Å². The zero-order valence-corrected chi connectivity index (χ0v) is 7.16. The van der Waals surface area contributed by atoms with Crippen LogP contribution in [0.25, 0.3) is 10.1 Å². The van der Waals surface area contributed by atoms with Crippen molar-refractivity contribution in [3.8, 4) is 6.07 Å². The molecule has 1 aromatic heterocycles. The van der Waals surface area contributed by atoms with Crippen molar-refractivity contribution in [1.29, 1.82) is 5.26 Å². The van der Waals surface area contributed by atoms with E-state index in [9.17, 15) is 8.78 Å². The summed E-state index contributed by atoms with van der Waals surface area (Å²) in [6.45, 7) is 0. The van der Waals surface area contributed by atoms with Gasteiger partial charge in [0.05, 0.1) is 5.56 Å². The Morgan fingerprint density at radius 2 is 2.00 bits per heavy atom. The van der Waals surface area contributed by atoms with E-state index in [1.54, 1.807) is 6.07 Å². The Kier molecular flexibility index (Phi) is 1.74. The third-order valence-corrected chi connectivity index (χ3v) is 2.68. The Bertz CT molecular complexity index is 510. The third kappa shape index (κ3) is 1.09. The van der Waals surface area contributed by atoms with Crippen LogP contribution < -0.4 is 0 Å². The van der Waals surface area contributed by atoms with Gasteiger partial charge in [-0.15, -0.1) is 11.3 Å². The Balaban J connectivity index is 2.99. The molecule has 0 radical (unpaired) electrons. The summed E-state index contributed by atoms with van der Waals surface area (Å²) in [7, 11) is 0. The molecule has 2 rings (SSSR count). The van der Waals surface area contributed by atoms with Crippen LogP contribution in [0.5, 0.6) is 0 Å². The van der Waals surface area contributed by atoms with Crippen LogP contribution in [0.1, 0.15) is 5.56 Å². The van der Waals surface area contributed by atoms with E-state index in [1.807, 2.05) is 0 Å². The lowest BCUT2D eigenvalue weighted by molar-refractivity contribution is 0.620. The Morgan fingerprint density at radius 1 is 1.23 bits per heavy atom. The molecule has 0 aliphatic heterocycles. The van der Waals surface area contributed by atoms with Crippen molar-refractivity contribution in [3.05, 3.63) is 34.7 Å². The number of hydrogen-bond acceptors (Lipinski definition) is 2. The second-order valence-electron chi connectivity index (χ2n) is 2.49. The van der Waals surface area contributed by atoms with Gasteiger partial charge in [-0.1, -0.05) is 0 Å². The summed E-state index contributed by atoms with van der Waals surface area (Å²) in [6, 6.07) is 4.31. The molecule has 13 heavy (non-hydrogen) atoms. The second kappa shape index (κ2) is 2.79. The standard InChI is InChI=1S/C9H3F2NS/c10-6-1-2-8-9(5(6)3-12)7(11)4-13-8/h1-2,4H. The maximum Gasteiger partial charge on any atom is 0.143 e. The van der Waals surface area contributed by atoms with E-state index in [2.05, 4.69) is 0 Å². The van der Waals surface area contributed by atoms with Gasteiger partial charge in [0, 0.05) is 15.5 Å². The first-order chi connectivity index (χ1) is 6.24. The van der Waals surface area contributed by atoms with E-state index in [0.29, 0.717) is 4.70 Å². The van der Waals surface area contributed by atoms with Crippen LogP contribution in [0.4, 0.5) is 8.78 Å². The summed E-state index contributed by atoms with van der Waals surface area (Å²) >= 11 is 1.16. The van der Waals surface area contributed by atoms with Gasteiger partial charge in [0.2, 0.25) is 0 Å². The molecule has 0 spiro atoms. The molecular weight excluding hydrogens is 192 g/mol. The zero-order valence-electron chi connectivity index (χ0n) is 6.34. The number of hydrogen-bond donors (Lipinski definition) is 0. The zero-order chi connectivity index (χ0) is 9.42. The second-order valence-corrected chi connectivity index (χ2v) is 3.40. The highest BCUT2D eigenvalue weighted by Crippen LogP contribution is 2.28. The smallest absolute Gasteiger partial charge is 0.143 e. The molecule has 1 heterocycles. The van der Waals surface area contributed by atoms with Crippen molar-refractivity contribution in [3.63, 3.8) is 0 Å². The quantitative estimate of drug-likeness (QED) is 0.633. The molecule has 0 N–H and O–H groups in total. The third-order valence-electron chi connectivity index (χ3n) is 1.76. The monoisotopic (exact) mass is 195 g/mol. The molecule has 4 heteroatoms. The summed E-state index contributed by atoms with van der Waals surface area (Å²) in [5.41, 5.74) is -0.212. The van der Waals surface area contributed by atoms with Gasteiger partial charge in [0.15, 0.2) is 0 Å². The fourth-order valence-corrected chi connectivity index (χ4v) is 1.99. The van der Waals surface area contributed by atoms with E-state index in [4.69, 9.17) is 5.26 Å². The molecule has 0 bridgehead atoms. The SMILES string of the molecule is N#Cc1c(F)ccc2scc(F)c12. The number of halogens is 2. The van der Waals surface area contributed by atoms with Crippen molar-refractivity contribution in [2.75, 3.05) is 0 Å². The molecule has 0 fully saturated rings. The first kappa shape index (κ1) is 8.14. The molecule has 0 unspecified atom stereocenters.